The van der Waals surface area contributed by atoms with Crippen molar-refractivity contribution in [3.63, 3.8) is 0 Å². The largest absolute Gasteiger partial charge is 0.469 e. The lowest BCUT2D eigenvalue weighted by molar-refractivity contribution is -0.125. The maximum atomic E-state index is 11.9. The van der Waals surface area contributed by atoms with Crippen LogP contribution in [0, 0.1) is 5.92 Å². The van der Waals surface area contributed by atoms with Gasteiger partial charge in [-0.2, -0.15) is 0 Å². The summed E-state index contributed by atoms with van der Waals surface area (Å²) in [6, 6.07) is 3.57. The molecule has 1 amide bonds. The molecule has 5 nitrogen and oxygen atoms in total. The second-order valence-corrected chi connectivity index (χ2v) is 4.50. The van der Waals surface area contributed by atoms with Gasteiger partial charge in [0.1, 0.15) is 5.76 Å². The van der Waals surface area contributed by atoms with E-state index in [9.17, 15) is 4.79 Å². The van der Waals surface area contributed by atoms with E-state index in [1.54, 1.807) is 6.26 Å². The van der Waals surface area contributed by atoms with Gasteiger partial charge in [-0.15, -0.1) is 0 Å². The molecule has 1 aliphatic heterocycles. The number of nitrogens with two attached hydrogens (primary N) is 1. The SMILES string of the molecule is CC(Cc1ccco1)NC(=O)C1COCC1N. The maximum absolute atomic E-state index is 11.9. The molecule has 2 rings (SSSR count). The van der Waals surface area contributed by atoms with Gasteiger partial charge in [-0.3, -0.25) is 4.79 Å². The number of hydrogen-bond donors (Lipinski definition) is 2. The van der Waals surface area contributed by atoms with E-state index in [2.05, 4.69) is 5.32 Å². The smallest absolute Gasteiger partial charge is 0.227 e. The Labute approximate surface area is 100 Å². The van der Waals surface area contributed by atoms with E-state index in [1.807, 2.05) is 19.1 Å². The number of carbonyl (C=O) groups excluding carboxylic acids is 1. The molecule has 3 unspecified atom stereocenters. The molecule has 17 heavy (non-hydrogen) atoms. The van der Waals surface area contributed by atoms with Crippen LogP contribution in [0.5, 0.6) is 0 Å². The first-order valence-corrected chi connectivity index (χ1v) is 5.83. The summed E-state index contributed by atoms with van der Waals surface area (Å²) in [5, 5.41) is 2.93. The van der Waals surface area contributed by atoms with E-state index >= 15 is 0 Å². The molecule has 5 heteroatoms. The fourth-order valence-electron chi connectivity index (χ4n) is 1.97. The quantitative estimate of drug-likeness (QED) is 0.791. The van der Waals surface area contributed by atoms with Gasteiger partial charge in [-0.05, 0) is 19.1 Å². The Hall–Kier alpha value is -1.33. The number of hydrogen-bond acceptors (Lipinski definition) is 4. The Morgan fingerprint density at radius 3 is 3.06 bits per heavy atom. The number of rotatable bonds is 4. The molecule has 3 atom stereocenters. The topological polar surface area (TPSA) is 77.5 Å². The molecule has 1 aromatic heterocycles. The second-order valence-electron chi connectivity index (χ2n) is 4.50. The lowest BCUT2D eigenvalue weighted by Gasteiger charge is -2.17. The summed E-state index contributed by atoms with van der Waals surface area (Å²) in [6.07, 6.45) is 2.31. The average molecular weight is 238 g/mol. The number of nitrogens with one attached hydrogen (secondary N) is 1. The molecule has 0 bridgehead atoms. The minimum atomic E-state index is -0.228. The predicted octanol–water partition coefficient (Wildman–Crippen LogP) is 0.301. The summed E-state index contributed by atoms with van der Waals surface area (Å²) in [5.41, 5.74) is 5.79. The summed E-state index contributed by atoms with van der Waals surface area (Å²) >= 11 is 0. The van der Waals surface area contributed by atoms with Crippen LogP contribution in [0.15, 0.2) is 22.8 Å². The first-order valence-electron chi connectivity index (χ1n) is 5.83. The van der Waals surface area contributed by atoms with E-state index in [0.717, 1.165) is 5.76 Å². The van der Waals surface area contributed by atoms with Crippen LogP contribution in [0.3, 0.4) is 0 Å². The zero-order valence-corrected chi connectivity index (χ0v) is 9.89. The summed E-state index contributed by atoms with van der Waals surface area (Å²) in [5.74, 6) is 0.605. The van der Waals surface area contributed by atoms with Crippen LogP contribution in [0.25, 0.3) is 0 Å². The van der Waals surface area contributed by atoms with Crippen molar-refractivity contribution in [3.8, 4) is 0 Å². The Bertz CT molecular complexity index is 364. The van der Waals surface area contributed by atoms with Gasteiger partial charge in [-0.25, -0.2) is 0 Å². The Balaban J connectivity index is 1.82. The molecule has 2 heterocycles. The molecule has 3 N–H and O–H groups in total. The highest BCUT2D eigenvalue weighted by Crippen LogP contribution is 2.12. The standard InChI is InChI=1S/C12H18N2O3/c1-8(5-9-3-2-4-17-9)14-12(15)10-6-16-7-11(10)13/h2-4,8,10-11H,5-7,13H2,1H3,(H,14,15). The third-order valence-corrected chi connectivity index (χ3v) is 2.94. The van der Waals surface area contributed by atoms with Crippen LogP contribution in [0.4, 0.5) is 0 Å². The van der Waals surface area contributed by atoms with Crippen LogP contribution in [0.1, 0.15) is 12.7 Å². The highest BCUT2D eigenvalue weighted by atomic mass is 16.5. The van der Waals surface area contributed by atoms with Gasteiger partial charge in [0.15, 0.2) is 0 Å². The Morgan fingerprint density at radius 2 is 2.47 bits per heavy atom. The fraction of sp³-hybridized carbons (Fsp3) is 0.583. The van der Waals surface area contributed by atoms with Gasteiger partial charge < -0.3 is 20.2 Å². The van der Waals surface area contributed by atoms with E-state index in [0.29, 0.717) is 19.6 Å². The molecule has 0 saturated carbocycles. The van der Waals surface area contributed by atoms with Crippen molar-refractivity contribution < 1.29 is 13.9 Å². The summed E-state index contributed by atoms with van der Waals surface area (Å²) < 4.78 is 10.4. The molecule has 0 aromatic carbocycles. The molecular weight excluding hydrogens is 220 g/mol. The van der Waals surface area contributed by atoms with Crippen molar-refractivity contribution in [2.24, 2.45) is 11.7 Å². The molecule has 0 aliphatic carbocycles. The van der Waals surface area contributed by atoms with Crippen molar-refractivity contribution in [1.82, 2.24) is 5.32 Å². The van der Waals surface area contributed by atoms with E-state index in [4.69, 9.17) is 14.9 Å². The lowest BCUT2D eigenvalue weighted by Crippen LogP contribution is -2.44. The number of carbonyl (C=O) groups is 1. The van der Waals surface area contributed by atoms with Gasteiger partial charge in [0.2, 0.25) is 5.91 Å². The monoisotopic (exact) mass is 238 g/mol. The number of amides is 1. The summed E-state index contributed by atoms with van der Waals surface area (Å²) in [6.45, 7) is 2.83. The minimum Gasteiger partial charge on any atom is -0.469 e. The van der Waals surface area contributed by atoms with Crippen molar-refractivity contribution in [3.05, 3.63) is 24.2 Å². The van der Waals surface area contributed by atoms with Crippen LogP contribution < -0.4 is 11.1 Å². The third kappa shape index (κ3) is 3.08. The van der Waals surface area contributed by atoms with Gasteiger partial charge in [0, 0.05) is 18.5 Å². The second kappa shape index (κ2) is 5.33. The molecule has 1 aromatic rings. The summed E-state index contributed by atoms with van der Waals surface area (Å²) in [4.78, 5) is 11.9. The molecule has 94 valence electrons. The lowest BCUT2D eigenvalue weighted by atomic mass is 10.0. The van der Waals surface area contributed by atoms with Gasteiger partial charge in [-0.1, -0.05) is 0 Å². The predicted molar refractivity (Wildman–Crippen MR) is 62.3 cm³/mol. The molecule has 0 radical (unpaired) electrons. The zero-order chi connectivity index (χ0) is 12.3. The van der Waals surface area contributed by atoms with Gasteiger partial charge in [0.05, 0.1) is 25.4 Å². The highest BCUT2D eigenvalue weighted by Gasteiger charge is 2.31. The van der Waals surface area contributed by atoms with E-state index in [-0.39, 0.29) is 23.9 Å². The van der Waals surface area contributed by atoms with E-state index < -0.39 is 0 Å². The van der Waals surface area contributed by atoms with Gasteiger partial charge >= 0.3 is 0 Å². The first kappa shape index (κ1) is 12.1. The van der Waals surface area contributed by atoms with Gasteiger partial charge in [0.25, 0.3) is 0 Å². The molecular formula is C12H18N2O3. The van der Waals surface area contributed by atoms with Crippen LogP contribution >= 0.6 is 0 Å². The average Bonchev–Trinajstić information content (AvgIpc) is 2.88. The number of ether oxygens (including phenoxy) is 1. The molecule has 1 fully saturated rings. The number of furan rings is 1. The fourth-order valence-corrected chi connectivity index (χ4v) is 1.97. The van der Waals surface area contributed by atoms with Crippen molar-refractivity contribution in [1.29, 1.82) is 0 Å². The highest BCUT2D eigenvalue weighted by molar-refractivity contribution is 5.80. The molecule has 1 aliphatic rings. The first-order chi connectivity index (χ1) is 8.16. The van der Waals surface area contributed by atoms with Crippen LogP contribution in [-0.4, -0.2) is 31.2 Å². The zero-order valence-electron chi connectivity index (χ0n) is 9.89. The van der Waals surface area contributed by atoms with Crippen LogP contribution in [0.2, 0.25) is 0 Å². The normalized spacial score (nSPS) is 25.8. The third-order valence-electron chi connectivity index (χ3n) is 2.94. The summed E-state index contributed by atoms with van der Waals surface area (Å²) in [7, 11) is 0. The molecule has 0 spiro atoms. The van der Waals surface area contributed by atoms with Crippen molar-refractivity contribution in [2.45, 2.75) is 25.4 Å². The molecule has 1 saturated heterocycles. The Kier molecular flexibility index (Phi) is 3.81. The minimum absolute atomic E-state index is 0.0291. The maximum Gasteiger partial charge on any atom is 0.227 e. The van der Waals surface area contributed by atoms with Crippen LogP contribution in [-0.2, 0) is 16.0 Å². The van der Waals surface area contributed by atoms with Crippen molar-refractivity contribution in [2.75, 3.05) is 13.2 Å². The van der Waals surface area contributed by atoms with Crippen molar-refractivity contribution >= 4 is 5.91 Å². The Morgan fingerprint density at radius 1 is 1.65 bits per heavy atom. The van der Waals surface area contributed by atoms with E-state index in [1.165, 1.54) is 0 Å².